The number of piperidine rings is 1. The van der Waals surface area contributed by atoms with Gasteiger partial charge in [0.25, 0.3) is 0 Å². The van der Waals surface area contributed by atoms with Gasteiger partial charge >= 0.3 is 0 Å². The number of ether oxygens (including phenoxy) is 2. The third-order valence-electron chi connectivity index (χ3n) is 10.0. The lowest BCUT2D eigenvalue weighted by Crippen LogP contribution is -2.43. The Hall–Kier alpha value is -3.45. The third-order valence-corrected chi connectivity index (χ3v) is 10.0. The molecule has 1 saturated heterocycles. The number of pyridine rings is 1. The minimum absolute atomic E-state index is 0.0639. The number of hydrogen-bond acceptors (Lipinski definition) is 6. The summed E-state index contributed by atoms with van der Waals surface area (Å²) in [5.74, 6) is -0.391. The van der Waals surface area contributed by atoms with Crippen molar-refractivity contribution in [2.75, 3.05) is 7.11 Å². The molecule has 6 nitrogen and oxygen atoms in total. The molecule has 0 amide bonds. The van der Waals surface area contributed by atoms with Crippen LogP contribution in [0.25, 0.3) is 11.1 Å². The molecule has 3 aliphatic rings. The molecule has 1 aliphatic carbocycles. The van der Waals surface area contributed by atoms with Crippen molar-refractivity contribution in [3.05, 3.63) is 76.7 Å². The molecule has 7 heteroatoms. The minimum atomic E-state index is -0.998. The number of carboxylic acids is 1. The smallest absolute Gasteiger partial charge is 0.213 e. The van der Waals surface area contributed by atoms with Gasteiger partial charge in [-0.3, -0.25) is 4.90 Å². The van der Waals surface area contributed by atoms with Crippen molar-refractivity contribution in [2.45, 2.75) is 96.4 Å². The number of likely N-dealkylation sites (tertiary alicyclic amines) is 1. The van der Waals surface area contributed by atoms with Crippen LogP contribution in [0.15, 0.2) is 48.7 Å². The average molecular weight is 586 g/mol. The number of carbonyl (C=O) groups is 1. The fraction of sp³-hybridized carbons (Fsp3) is 0.500. The predicted octanol–water partition coefficient (Wildman–Crippen LogP) is 6.61. The summed E-state index contributed by atoms with van der Waals surface area (Å²) in [5.41, 5.74) is 5.62. The van der Waals surface area contributed by atoms with Crippen LogP contribution in [0, 0.1) is 17.7 Å². The number of benzene rings is 2. The number of carboxylic acid groups (broad SMARTS) is 1. The summed E-state index contributed by atoms with van der Waals surface area (Å²) in [6.45, 7) is 7.04. The van der Waals surface area contributed by atoms with Crippen molar-refractivity contribution < 1.29 is 23.8 Å². The van der Waals surface area contributed by atoms with Crippen LogP contribution in [-0.4, -0.2) is 35.0 Å². The van der Waals surface area contributed by atoms with Gasteiger partial charge in [-0.15, -0.1) is 0 Å². The molecule has 0 radical (unpaired) electrons. The van der Waals surface area contributed by atoms with E-state index in [1.165, 1.54) is 12.6 Å². The molecule has 0 spiro atoms. The molecule has 1 aromatic heterocycles. The molecule has 1 saturated carbocycles. The molecule has 43 heavy (non-hydrogen) atoms. The first-order valence-electron chi connectivity index (χ1n) is 15.8. The second-order valence-electron chi connectivity index (χ2n) is 12.9. The van der Waals surface area contributed by atoms with E-state index in [-0.39, 0.29) is 17.8 Å². The molecular weight excluding hydrogens is 543 g/mol. The molecule has 5 atom stereocenters. The number of fused-ring (bicyclic) bond motifs is 1. The summed E-state index contributed by atoms with van der Waals surface area (Å²) >= 11 is 0. The molecule has 228 valence electrons. The second kappa shape index (κ2) is 12.3. The Kier molecular flexibility index (Phi) is 8.45. The third kappa shape index (κ3) is 6.14. The molecule has 0 N–H and O–H groups in total. The van der Waals surface area contributed by atoms with Crippen molar-refractivity contribution >= 4 is 5.97 Å². The zero-order chi connectivity index (χ0) is 30.2. The fourth-order valence-corrected chi connectivity index (χ4v) is 7.33. The molecule has 3 aromatic rings. The summed E-state index contributed by atoms with van der Waals surface area (Å²) in [5, 5.41) is 11.8. The molecule has 2 aromatic carbocycles. The normalized spacial score (nSPS) is 23.6. The number of rotatable bonds is 9. The first-order chi connectivity index (χ1) is 20.7. The Morgan fingerprint density at radius 2 is 1.84 bits per heavy atom. The van der Waals surface area contributed by atoms with Crippen molar-refractivity contribution in [1.29, 1.82) is 0 Å². The standard InChI is InChI=1S/C36H43FN2O4/c1-21-6-5-7-22(2)39(21)20-28-16-26(12-14-29(28)30-18-34(42-4)38-19-31(30)37)32-15-13-24-8-11-27(17-33(24)43-32)35(25-9-10-25)23(3)36(40)41/h8,11-12,14,16-19,21-23,25,32,35H,5-7,9-10,13,15,20H2,1-4H3,(H,40,41)/p-1/t21-,22+,23-,32?,35-/m0/s1. The van der Waals surface area contributed by atoms with E-state index in [1.54, 1.807) is 20.1 Å². The fourth-order valence-electron chi connectivity index (χ4n) is 7.33. The Balaban J connectivity index is 1.34. The number of halogens is 1. The van der Waals surface area contributed by atoms with Gasteiger partial charge in [0.1, 0.15) is 17.7 Å². The summed E-state index contributed by atoms with van der Waals surface area (Å²) in [7, 11) is 1.54. The van der Waals surface area contributed by atoms with E-state index in [4.69, 9.17) is 9.47 Å². The van der Waals surface area contributed by atoms with Gasteiger partial charge in [0.05, 0.1) is 13.3 Å². The number of aryl methyl sites for hydroxylation is 1. The second-order valence-corrected chi connectivity index (χ2v) is 12.9. The Labute approximate surface area is 254 Å². The Morgan fingerprint density at radius 1 is 1.07 bits per heavy atom. The van der Waals surface area contributed by atoms with Crippen LogP contribution in [0.2, 0.25) is 0 Å². The van der Waals surface area contributed by atoms with E-state index in [9.17, 15) is 9.90 Å². The SMILES string of the molecule is COc1cc(-c2ccc(C3CCc4ccc([C@H](C5CC5)[C@H](C)C(=O)[O-])cc4O3)cc2CN2[C@H](C)CCC[C@@H]2C)c(F)cn1. The number of nitrogens with zero attached hydrogens (tertiary/aromatic N) is 2. The monoisotopic (exact) mass is 585 g/mol. The first kappa shape index (κ1) is 29.6. The van der Waals surface area contributed by atoms with E-state index in [1.807, 2.05) is 6.07 Å². The maximum atomic E-state index is 15.2. The molecule has 2 aliphatic heterocycles. The van der Waals surface area contributed by atoms with E-state index in [0.29, 0.717) is 36.0 Å². The lowest BCUT2D eigenvalue weighted by Gasteiger charge is -2.39. The molecule has 3 heterocycles. The van der Waals surface area contributed by atoms with Crippen LogP contribution in [-0.2, 0) is 17.8 Å². The van der Waals surface area contributed by atoms with Crippen LogP contribution in [0.4, 0.5) is 4.39 Å². The van der Waals surface area contributed by atoms with Crippen LogP contribution >= 0.6 is 0 Å². The Bertz CT molecular complexity index is 1480. The van der Waals surface area contributed by atoms with Crippen molar-refractivity contribution in [3.8, 4) is 22.8 Å². The van der Waals surface area contributed by atoms with Gasteiger partial charge in [-0.2, -0.15) is 0 Å². The molecule has 1 unspecified atom stereocenters. The van der Waals surface area contributed by atoms with E-state index < -0.39 is 11.9 Å². The Morgan fingerprint density at radius 3 is 2.53 bits per heavy atom. The summed E-state index contributed by atoms with van der Waals surface area (Å²) in [6, 6.07) is 15.1. The highest BCUT2D eigenvalue weighted by molar-refractivity contribution is 5.70. The van der Waals surface area contributed by atoms with E-state index >= 15 is 4.39 Å². The summed E-state index contributed by atoms with van der Waals surface area (Å²) in [6.07, 6.45) is 8.42. The molecule has 2 fully saturated rings. The van der Waals surface area contributed by atoms with Crippen LogP contribution in [0.1, 0.15) is 93.6 Å². The number of methoxy groups -OCH3 is 1. The zero-order valence-electron chi connectivity index (χ0n) is 25.6. The molecule has 0 bridgehead atoms. The quantitative estimate of drug-likeness (QED) is 0.282. The first-order valence-corrected chi connectivity index (χ1v) is 15.8. The van der Waals surface area contributed by atoms with Crippen molar-refractivity contribution in [1.82, 2.24) is 9.88 Å². The van der Waals surface area contributed by atoms with Gasteiger partial charge in [-0.1, -0.05) is 43.7 Å². The van der Waals surface area contributed by atoms with Gasteiger partial charge in [0, 0.05) is 42.1 Å². The summed E-state index contributed by atoms with van der Waals surface area (Å²) < 4.78 is 27.2. The van der Waals surface area contributed by atoms with E-state index in [2.05, 4.69) is 54.1 Å². The predicted molar refractivity (Wildman–Crippen MR) is 162 cm³/mol. The number of hydrogen-bond donors (Lipinski definition) is 0. The highest BCUT2D eigenvalue weighted by Gasteiger charge is 2.37. The minimum Gasteiger partial charge on any atom is -0.550 e. The maximum absolute atomic E-state index is 15.2. The number of aliphatic carboxylic acids is 1. The lowest BCUT2D eigenvalue weighted by molar-refractivity contribution is -0.311. The highest BCUT2D eigenvalue weighted by Crippen LogP contribution is 2.48. The average Bonchev–Trinajstić information content (AvgIpc) is 3.84. The lowest BCUT2D eigenvalue weighted by atomic mass is 9.82. The van der Waals surface area contributed by atoms with Gasteiger partial charge in [-0.05, 0) is 98.1 Å². The van der Waals surface area contributed by atoms with Gasteiger partial charge in [0.2, 0.25) is 5.88 Å². The topological polar surface area (TPSA) is 74.7 Å². The largest absolute Gasteiger partial charge is 0.550 e. The van der Waals surface area contributed by atoms with Gasteiger partial charge < -0.3 is 19.4 Å². The highest BCUT2D eigenvalue weighted by atomic mass is 19.1. The molecular formula is C36H42FN2O4-. The van der Waals surface area contributed by atoms with Crippen molar-refractivity contribution in [2.24, 2.45) is 11.8 Å². The zero-order valence-corrected chi connectivity index (χ0v) is 25.6. The molecule has 6 rings (SSSR count). The number of aromatic nitrogens is 1. The van der Waals surface area contributed by atoms with Crippen molar-refractivity contribution in [3.63, 3.8) is 0 Å². The summed E-state index contributed by atoms with van der Waals surface area (Å²) in [4.78, 5) is 18.4. The number of carbonyl (C=O) groups excluding carboxylic acids is 1. The van der Waals surface area contributed by atoms with Crippen LogP contribution in [0.3, 0.4) is 0 Å². The van der Waals surface area contributed by atoms with Crippen LogP contribution in [0.5, 0.6) is 11.6 Å². The van der Waals surface area contributed by atoms with E-state index in [0.717, 1.165) is 72.1 Å². The van der Waals surface area contributed by atoms with Gasteiger partial charge in [0.15, 0.2) is 0 Å². The van der Waals surface area contributed by atoms with Crippen LogP contribution < -0.4 is 14.6 Å². The maximum Gasteiger partial charge on any atom is 0.213 e. The van der Waals surface area contributed by atoms with Gasteiger partial charge in [-0.25, -0.2) is 9.37 Å².